The van der Waals surface area contributed by atoms with Gasteiger partial charge in [0.15, 0.2) is 0 Å². The van der Waals surface area contributed by atoms with Crippen molar-refractivity contribution in [2.24, 2.45) is 0 Å². The highest BCUT2D eigenvalue weighted by molar-refractivity contribution is 7.00. The number of aryl methyl sites for hydroxylation is 1. The van der Waals surface area contributed by atoms with E-state index in [-0.39, 0.29) is 28.4 Å². The quantitative estimate of drug-likeness (QED) is 0.168. The van der Waals surface area contributed by atoms with Gasteiger partial charge < -0.3 is 14.2 Å². The largest absolute Gasteiger partial charge is 0.468 e. The number of benzene rings is 5. The number of fused-ring (bicyclic) bond motifs is 6. The molecule has 4 heteroatoms. The molecule has 8 rings (SSSR count). The number of hydrogen-bond donors (Lipinski definition) is 0. The molecule has 3 nitrogen and oxygen atoms in total. The summed E-state index contributed by atoms with van der Waals surface area (Å²) in [4.78, 5) is 5.00. The zero-order chi connectivity index (χ0) is 38.0. The summed E-state index contributed by atoms with van der Waals surface area (Å²) >= 11 is 0. The molecule has 0 spiro atoms. The highest BCUT2D eigenvalue weighted by Gasteiger charge is 2.47. The van der Waals surface area contributed by atoms with Crippen LogP contribution in [-0.2, 0) is 21.7 Å². The maximum absolute atomic E-state index is 7.18. The van der Waals surface area contributed by atoms with E-state index in [1.165, 1.54) is 61.5 Å². The number of anilines is 6. The predicted octanol–water partition coefficient (Wildman–Crippen LogP) is 12.0. The number of hydrogen-bond acceptors (Lipinski definition) is 3. The van der Waals surface area contributed by atoms with Crippen molar-refractivity contribution in [1.29, 1.82) is 0 Å². The molecule has 0 saturated carbocycles. The average molecular weight is 699 g/mol. The standard InChI is InChI=1S/C49H55BN2O/c1-30-26-40-43-41(27-30)52(36-22-16-32(17-23-36)47(5,6)7)44-37-28-33(48(8,9)10)19-25-42(37)53-45(44)50(43)38-29-34(49(11,12)13)18-24-39(38)51(40)35-20-14-31(15-21-35)46(2,3)4/h14-29H,1-13H3. The van der Waals surface area contributed by atoms with Gasteiger partial charge in [-0.25, -0.2) is 0 Å². The van der Waals surface area contributed by atoms with Gasteiger partial charge in [0, 0.05) is 33.8 Å². The third-order valence-corrected chi connectivity index (χ3v) is 11.5. The first-order valence-corrected chi connectivity index (χ1v) is 19.4. The van der Waals surface area contributed by atoms with E-state index in [1.807, 2.05) is 0 Å². The minimum atomic E-state index is -0.0754. The molecule has 2 aliphatic rings. The molecule has 0 N–H and O–H groups in total. The normalized spacial score (nSPS) is 14.4. The molecular weight excluding hydrogens is 643 g/mol. The van der Waals surface area contributed by atoms with E-state index >= 15 is 0 Å². The molecule has 0 unspecified atom stereocenters. The van der Waals surface area contributed by atoms with Crippen LogP contribution >= 0.6 is 0 Å². The molecule has 0 atom stereocenters. The van der Waals surface area contributed by atoms with Crippen molar-refractivity contribution in [3.63, 3.8) is 0 Å². The Kier molecular flexibility index (Phi) is 7.77. The lowest BCUT2D eigenvalue weighted by atomic mass is 9.35. The van der Waals surface area contributed by atoms with E-state index in [0.29, 0.717) is 0 Å². The molecule has 0 aliphatic carbocycles. The van der Waals surface area contributed by atoms with Crippen LogP contribution in [0.5, 0.6) is 0 Å². The van der Waals surface area contributed by atoms with Crippen molar-refractivity contribution >= 4 is 68.4 Å². The fraction of sp³-hybridized carbons (Fsp3) is 0.347. The van der Waals surface area contributed by atoms with Gasteiger partial charge in [0.05, 0.1) is 11.3 Å². The van der Waals surface area contributed by atoms with Crippen LogP contribution in [-0.4, -0.2) is 6.71 Å². The highest BCUT2D eigenvalue weighted by Crippen LogP contribution is 2.48. The van der Waals surface area contributed by atoms with Crippen LogP contribution in [0.4, 0.5) is 34.1 Å². The summed E-state index contributed by atoms with van der Waals surface area (Å²) in [6, 6.07) is 37.2. The van der Waals surface area contributed by atoms with Gasteiger partial charge in [0.25, 0.3) is 6.71 Å². The minimum absolute atomic E-state index is 0.00402. The Labute approximate surface area is 318 Å². The minimum Gasteiger partial charge on any atom is -0.468 e. The highest BCUT2D eigenvalue weighted by atomic mass is 16.3. The molecular formula is C49H55BN2O. The summed E-state index contributed by atoms with van der Waals surface area (Å²) in [6.45, 7) is 29.7. The molecule has 1 aromatic heterocycles. The van der Waals surface area contributed by atoms with Gasteiger partial charge >= 0.3 is 0 Å². The SMILES string of the molecule is Cc1cc2c3c(c1)N(c1ccc(C(C)(C)C)cc1)c1c(oc4ccc(C(C)(C)C)cc14)B3c1cc(C(C)(C)C)ccc1N2c1ccc(C(C)(C)C)cc1. The van der Waals surface area contributed by atoms with Gasteiger partial charge in [0.1, 0.15) is 5.58 Å². The number of rotatable bonds is 2. The number of nitrogens with zero attached hydrogens (tertiary/aromatic N) is 2. The van der Waals surface area contributed by atoms with Gasteiger partial charge in [-0.15, -0.1) is 0 Å². The van der Waals surface area contributed by atoms with Gasteiger partial charge in [0.2, 0.25) is 0 Å². The second-order valence-corrected chi connectivity index (χ2v) is 19.7. The molecule has 0 bridgehead atoms. The molecule has 0 radical (unpaired) electrons. The third-order valence-electron chi connectivity index (χ3n) is 11.5. The Hall–Kier alpha value is -4.70. The first-order valence-electron chi connectivity index (χ1n) is 19.4. The lowest BCUT2D eigenvalue weighted by Gasteiger charge is -2.43. The first kappa shape index (κ1) is 35.3. The maximum Gasteiger partial charge on any atom is 0.297 e. The predicted molar refractivity (Wildman–Crippen MR) is 230 cm³/mol. The lowest BCUT2D eigenvalue weighted by Crippen LogP contribution is -2.61. The molecule has 0 saturated heterocycles. The summed E-state index contributed by atoms with van der Waals surface area (Å²) in [6.07, 6.45) is 0. The second kappa shape index (κ2) is 11.7. The van der Waals surface area contributed by atoms with Crippen LogP contribution in [0.1, 0.15) is 111 Å². The molecule has 53 heavy (non-hydrogen) atoms. The van der Waals surface area contributed by atoms with Crippen LogP contribution in [0.25, 0.3) is 11.0 Å². The fourth-order valence-electron chi connectivity index (χ4n) is 8.32. The van der Waals surface area contributed by atoms with E-state index in [4.69, 9.17) is 4.42 Å². The summed E-state index contributed by atoms with van der Waals surface area (Å²) < 4.78 is 7.18. The van der Waals surface area contributed by atoms with E-state index in [9.17, 15) is 0 Å². The van der Waals surface area contributed by atoms with Crippen molar-refractivity contribution in [3.8, 4) is 0 Å². The summed E-state index contributed by atoms with van der Waals surface area (Å²) in [5.41, 5.74) is 18.2. The van der Waals surface area contributed by atoms with Crippen LogP contribution in [0.3, 0.4) is 0 Å². The smallest absolute Gasteiger partial charge is 0.297 e. The molecule has 6 aromatic rings. The van der Waals surface area contributed by atoms with Crippen molar-refractivity contribution < 1.29 is 4.42 Å². The van der Waals surface area contributed by atoms with Gasteiger partial charge in [-0.1, -0.05) is 126 Å². The Morgan fingerprint density at radius 3 is 1.45 bits per heavy atom. The van der Waals surface area contributed by atoms with Crippen LogP contribution < -0.4 is 26.4 Å². The van der Waals surface area contributed by atoms with Crippen LogP contribution in [0.15, 0.2) is 101 Å². The monoisotopic (exact) mass is 698 g/mol. The van der Waals surface area contributed by atoms with E-state index < -0.39 is 0 Å². The topological polar surface area (TPSA) is 19.6 Å². The molecule has 0 amide bonds. The van der Waals surface area contributed by atoms with Gasteiger partial charge in [-0.05, 0) is 122 Å². The Balaban J connectivity index is 1.48. The maximum atomic E-state index is 7.18. The van der Waals surface area contributed by atoms with Crippen molar-refractivity contribution in [1.82, 2.24) is 0 Å². The van der Waals surface area contributed by atoms with Crippen molar-refractivity contribution in [2.45, 2.75) is 112 Å². The van der Waals surface area contributed by atoms with E-state index in [0.717, 1.165) is 28.0 Å². The van der Waals surface area contributed by atoms with Crippen LogP contribution in [0, 0.1) is 6.92 Å². The Morgan fingerprint density at radius 2 is 0.925 bits per heavy atom. The molecule has 5 aromatic carbocycles. The lowest BCUT2D eigenvalue weighted by molar-refractivity contribution is 0.590. The third kappa shape index (κ3) is 5.81. The van der Waals surface area contributed by atoms with Crippen molar-refractivity contribution in [2.75, 3.05) is 9.80 Å². The molecule has 3 heterocycles. The molecule has 270 valence electrons. The Bertz CT molecular complexity index is 2390. The average Bonchev–Trinajstić information content (AvgIpc) is 3.45. The second-order valence-electron chi connectivity index (χ2n) is 19.7. The zero-order valence-electron chi connectivity index (χ0n) is 34.1. The molecule has 0 fully saturated rings. The van der Waals surface area contributed by atoms with Gasteiger partial charge in [-0.2, -0.15) is 0 Å². The summed E-state index contributed by atoms with van der Waals surface area (Å²) in [5, 5.41) is 1.16. The van der Waals surface area contributed by atoms with E-state index in [2.05, 4.69) is 197 Å². The molecule has 2 aliphatic heterocycles. The van der Waals surface area contributed by atoms with E-state index in [1.54, 1.807) is 0 Å². The first-order chi connectivity index (χ1) is 24.7. The van der Waals surface area contributed by atoms with Crippen molar-refractivity contribution in [3.05, 3.63) is 125 Å². The summed E-state index contributed by atoms with van der Waals surface area (Å²) in [5.74, 6) is 0. The fourth-order valence-corrected chi connectivity index (χ4v) is 8.32. The zero-order valence-corrected chi connectivity index (χ0v) is 34.1. The summed E-state index contributed by atoms with van der Waals surface area (Å²) in [7, 11) is 0. The Morgan fingerprint density at radius 1 is 0.472 bits per heavy atom. The number of furan rings is 1. The van der Waals surface area contributed by atoms with Crippen LogP contribution in [0.2, 0.25) is 0 Å². The van der Waals surface area contributed by atoms with Gasteiger partial charge in [-0.3, -0.25) is 0 Å².